The number of hydrogen-bond acceptors (Lipinski definition) is 5. The first-order valence-corrected chi connectivity index (χ1v) is 7.41. The molecule has 2 amide bonds. The van der Waals surface area contributed by atoms with Gasteiger partial charge in [-0.2, -0.15) is 0 Å². The molecule has 142 valence electrons. The number of imide groups is 1. The van der Waals surface area contributed by atoms with Crippen LogP contribution in [0, 0.1) is 23.3 Å². The first-order chi connectivity index (χ1) is 12.8. The minimum atomic E-state index is -2.05. The Morgan fingerprint density at radius 2 is 1.59 bits per heavy atom. The maximum atomic E-state index is 13.8. The van der Waals surface area contributed by atoms with Gasteiger partial charge in [-0.25, -0.2) is 22.4 Å². The van der Waals surface area contributed by atoms with Gasteiger partial charge in [0.1, 0.15) is 11.3 Å². The molecule has 1 aliphatic heterocycles. The van der Waals surface area contributed by atoms with Crippen LogP contribution >= 0.6 is 0 Å². The van der Waals surface area contributed by atoms with Gasteiger partial charge in [0.25, 0.3) is 11.8 Å². The second-order valence-electron chi connectivity index (χ2n) is 5.17. The van der Waals surface area contributed by atoms with E-state index in [1.165, 1.54) is 0 Å². The van der Waals surface area contributed by atoms with E-state index in [2.05, 4.69) is 9.85 Å². The van der Waals surface area contributed by atoms with Crippen LogP contribution in [-0.4, -0.2) is 35.8 Å². The van der Waals surface area contributed by atoms with Gasteiger partial charge in [-0.3, -0.25) is 14.5 Å². The number of unbranched alkanes of at least 4 members (excludes halogenated alkanes) is 1. The molecular formula is C15H10F4N4O4. The second kappa shape index (κ2) is 8.32. The first kappa shape index (κ1) is 19.9. The summed E-state index contributed by atoms with van der Waals surface area (Å²) in [5.41, 5.74) is 5.00. The predicted molar refractivity (Wildman–Crippen MR) is 80.5 cm³/mol. The molecule has 27 heavy (non-hydrogen) atoms. The highest BCUT2D eigenvalue weighted by Crippen LogP contribution is 2.30. The van der Waals surface area contributed by atoms with E-state index in [1.807, 2.05) is 4.91 Å². The lowest BCUT2D eigenvalue weighted by molar-refractivity contribution is -0.136. The average molecular weight is 386 g/mol. The summed E-state index contributed by atoms with van der Waals surface area (Å²) in [6, 6.07) is 0. The van der Waals surface area contributed by atoms with Crippen LogP contribution in [0.4, 0.5) is 23.2 Å². The minimum Gasteiger partial charge on any atom is -0.462 e. The summed E-state index contributed by atoms with van der Waals surface area (Å²) < 4.78 is 59.4. The highest BCUT2D eigenvalue weighted by atomic mass is 19.2. The lowest BCUT2D eigenvalue weighted by Gasteiger charge is -2.13. The molecule has 0 unspecified atom stereocenters. The Morgan fingerprint density at radius 1 is 1.04 bits per heavy atom. The first-order valence-electron chi connectivity index (χ1n) is 7.41. The number of halogens is 4. The molecule has 2 rings (SSSR count). The standard InChI is InChI=1S/C15H10F4N4O4/c16-10-9(11(17)13(19)14(12(10)18)21-22-20)15(26)27-6-2-1-5-23-7(24)3-4-8(23)25/h3-4H,1-2,5-6H2. The van der Waals surface area contributed by atoms with Crippen molar-refractivity contribution in [3.8, 4) is 0 Å². The number of hydrogen-bond donors (Lipinski definition) is 0. The lowest BCUT2D eigenvalue weighted by atomic mass is 10.1. The molecule has 1 aliphatic rings. The Hall–Kier alpha value is -3.40. The smallest absolute Gasteiger partial charge is 0.344 e. The maximum Gasteiger partial charge on any atom is 0.344 e. The highest BCUT2D eigenvalue weighted by molar-refractivity contribution is 6.12. The van der Waals surface area contributed by atoms with Gasteiger partial charge in [0.05, 0.1) is 6.61 Å². The number of esters is 1. The molecule has 0 aliphatic carbocycles. The van der Waals surface area contributed by atoms with E-state index in [9.17, 15) is 31.9 Å². The molecule has 0 saturated heterocycles. The Kier molecular flexibility index (Phi) is 6.14. The molecule has 0 atom stereocenters. The van der Waals surface area contributed by atoms with E-state index in [1.54, 1.807) is 0 Å². The molecule has 1 heterocycles. The summed E-state index contributed by atoms with van der Waals surface area (Å²) in [5, 5.41) is 2.50. The van der Waals surface area contributed by atoms with E-state index in [4.69, 9.17) is 5.53 Å². The zero-order chi connectivity index (χ0) is 20.1. The van der Waals surface area contributed by atoms with Crippen molar-refractivity contribution in [1.29, 1.82) is 0 Å². The molecule has 0 saturated carbocycles. The third-order valence-corrected chi connectivity index (χ3v) is 3.50. The molecule has 0 aromatic heterocycles. The molecule has 12 heteroatoms. The van der Waals surface area contributed by atoms with Crippen molar-refractivity contribution in [2.75, 3.05) is 13.2 Å². The number of azide groups is 1. The van der Waals surface area contributed by atoms with Gasteiger partial charge >= 0.3 is 5.97 Å². The van der Waals surface area contributed by atoms with Crippen molar-refractivity contribution >= 4 is 23.5 Å². The van der Waals surface area contributed by atoms with Crippen molar-refractivity contribution in [2.45, 2.75) is 12.8 Å². The summed E-state index contributed by atoms with van der Waals surface area (Å²) in [6.45, 7) is -0.349. The number of benzene rings is 1. The third-order valence-electron chi connectivity index (χ3n) is 3.50. The molecule has 0 fully saturated rings. The van der Waals surface area contributed by atoms with Crippen LogP contribution in [0.25, 0.3) is 10.4 Å². The summed E-state index contributed by atoms with van der Waals surface area (Å²) in [6.07, 6.45) is 2.51. The van der Waals surface area contributed by atoms with Gasteiger partial charge < -0.3 is 4.74 Å². The molecule has 0 bridgehead atoms. The number of ether oxygens (including phenoxy) is 1. The fourth-order valence-corrected chi connectivity index (χ4v) is 2.19. The molecule has 0 radical (unpaired) electrons. The monoisotopic (exact) mass is 386 g/mol. The van der Waals surface area contributed by atoms with E-state index >= 15 is 0 Å². The molecule has 8 nitrogen and oxygen atoms in total. The Morgan fingerprint density at radius 3 is 2.11 bits per heavy atom. The van der Waals surface area contributed by atoms with Crippen molar-refractivity contribution in [1.82, 2.24) is 4.90 Å². The zero-order valence-electron chi connectivity index (χ0n) is 13.4. The van der Waals surface area contributed by atoms with Crippen molar-refractivity contribution in [3.63, 3.8) is 0 Å². The summed E-state index contributed by atoms with van der Waals surface area (Å²) in [4.78, 5) is 37.3. The number of carbonyl (C=O) groups excluding carboxylic acids is 3. The van der Waals surface area contributed by atoms with Gasteiger partial charge in [-0.05, 0) is 18.4 Å². The zero-order valence-corrected chi connectivity index (χ0v) is 13.4. The van der Waals surface area contributed by atoms with Crippen LogP contribution in [0.2, 0.25) is 0 Å². The number of carbonyl (C=O) groups is 3. The van der Waals surface area contributed by atoms with E-state index in [-0.39, 0.29) is 26.0 Å². The van der Waals surface area contributed by atoms with Gasteiger partial charge in [0.2, 0.25) is 0 Å². The third kappa shape index (κ3) is 4.06. The Bertz CT molecular complexity index is 849. The van der Waals surface area contributed by atoms with Crippen LogP contribution in [0.5, 0.6) is 0 Å². The summed E-state index contributed by atoms with van der Waals surface area (Å²) in [5.74, 6) is -10.8. The topological polar surface area (TPSA) is 112 Å². The van der Waals surface area contributed by atoms with Crippen LogP contribution in [0.3, 0.4) is 0 Å². The fraction of sp³-hybridized carbons (Fsp3) is 0.267. The lowest BCUT2D eigenvalue weighted by Crippen LogP contribution is -2.31. The average Bonchev–Trinajstić information content (AvgIpc) is 2.95. The Labute approximate surface area is 148 Å². The molecule has 1 aromatic rings. The number of rotatable bonds is 7. The van der Waals surface area contributed by atoms with Crippen LogP contribution in [-0.2, 0) is 14.3 Å². The predicted octanol–water partition coefficient (Wildman–Crippen LogP) is 3.05. The normalized spacial score (nSPS) is 13.1. The van der Waals surface area contributed by atoms with Crippen molar-refractivity contribution in [3.05, 3.63) is 51.4 Å². The van der Waals surface area contributed by atoms with E-state index in [0.717, 1.165) is 17.1 Å². The molecular weight excluding hydrogens is 376 g/mol. The largest absolute Gasteiger partial charge is 0.462 e. The molecule has 0 N–H and O–H groups in total. The number of amides is 2. The van der Waals surface area contributed by atoms with Crippen molar-refractivity contribution in [2.24, 2.45) is 5.11 Å². The van der Waals surface area contributed by atoms with E-state index < -0.39 is 52.3 Å². The van der Waals surface area contributed by atoms with Gasteiger partial charge in [0.15, 0.2) is 23.3 Å². The quantitative estimate of drug-likeness (QED) is 0.105. The van der Waals surface area contributed by atoms with Gasteiger partial charge in [0, 0.05) is 23.6 Å². The van der Waals surface area contributed by atoms with E-state index in [0.29, 0.717) is 0 Å². The van der Waals surface area contributed by atoms with Crippen LogP contribution in [0.15, 0.2) is 17.3 Å². The van der Waals surface area contributed by atoms with Gasteiger partial charge in [-0.1, -0.05) is 5.11 Å². The molecule has 0 spiro atoms. The summed E-state index contributed by atoms with van der Waals surface area (Å²) >= 11 is 0. The fourth-order valence-electron chi connectivity index (χ4n) is 2.19. The molecule has 1 aromatic carbocycles. The maximum absolute atomic E-state index is 13.8. The van der Waals surface area contributed by atoms with Gasteiger partial charge in [-0.15, -0.1) is 0 Å². The summed E-state index contributed by atoms with van der Waals surface area (Å²) in [7, 11) is 0. The minimum absolute atomic E-state index is 0.0368. The van der Waals surface area contributed by atoms with Crippen molar-refractivity contribution < 1.29 is 36.7 Å². The van der Waals surface area contributed by atoms with Crippen LogP contribution in [0.1, 0.15) is 23.2 Å². The second-order valence-corrected chi connectivity index (χ2v) is 5.17. The Balaban J connectivity index is 1.97. The SMILES string of the molecule is [N-]=[N+]=Nc1c(F)c(F)c(C(=O)OCCCCN2C(=O)C=CC2=O)c(F)c1F. The van der Waals surface area contributed by atoms with Crippen LogP contribution < -0.4 is 0 Å². The number of nitrogens with zero attached hydrogens (tertiary/aromatic N) is 4. The highest BCUT2D eigenvalue weighted by Gasteiger charge is 2.30.